The lowest BCUT2D eigenvalue weighted by molar-refractivity contribution is -0.147. The third-order valence-corrected chi connectivity index (χ3v) is 4.19. The molecule has 1 aromatic heterocycles. The zero-order valence-corrected chi connectivity index (χ0v) is 14.2. The molecule has 0 saturated heterocycles. The molecule has 3 rings (SSSR count). The molecule has 0 aliphatic rings. The summed E-state index contributed by atoms with van der Waals surface area (Å²) < 4.78 is 40.6. The largest absolute Gasteiger partial charge is 0.449 e. The highest BCUT2D eigenvalue weighted by atomic mass is 19.4. The number of halogens is 3. The SMILES string of the molecule is Cc1ccccc1CCNC(=O)Cn1c(C(F)(F)F)nc2ccccc21. The van der Waals surface area contributed by atoms with Crippen molar-refractivity contribution in [2.75, 3.05) is 6.54 Å². The number of benzene rings is 2. The maximum atomic E-state index is 13.2. The maximum absolute atomic E-state index is 13.2. The van der Waals surface area contributed by atoms with Crippen LogP contribution < -0.4 is 5.32 Å². The van der Waals surface area contributed by atoms with E-state index in [1.165, 1.54) is 12.1 Å². The number of hydrogen-bond acceptors (Lipinski definition) is 2. The van der Waals surface area contributed by atoms with Gasteiger partial charge in [0.2, 0.25) is 11.7 Å². The first kappa shape index (κ1) is 18.0. The van der Waals surface area contributed by atoms with Crippen LogP contribution in [-0.4, -0.2) is 22.0 Å². The number of rotatable bonds is 5. The van der Waals surface area contributed by atoms with Crippen molar-refractivity contribution >= 4 is 16.9 Å². The minimum Gasteiger partial charge on any atom is -0.354 e. The first-order valence-electron chi connectivity index (χ1n) is 8.20. The van der Waals surface area contributed by atoms with Crippen molar-refractivity contribution < 1.29 is 18.0 Å². The summed E-state index contributed by atoms with van der Waals surface area (Å²) in [7, 11) is 0. The van der Waals surface area contributed by atoms with Gasteiger partial charge in [0.05, 0.1) is 11.0 Å². The number of para-hydroxylation sites is 2. The van der Waals surface area contributed by atoms with Gasteiger partial charge >= 0.3 is 6.18 Å². The number of nitrogens with zero attached hydrogens (tertiary/aromatic N) is 2. The van der Waals surface area contributed by atoms with Crippen molar-refractivity contribution in [1.82, 2.24) is 14.9 Å². The van der Waals surface area contributed by atoms with Crippen molar-refractivity contribution in [3.63, 3.8) is 0 Å². The fraction of sp³-hybridized carbons (Fsp3) is 0.263. The Hall–Kier alpha value is -2.83. The average molecular weight is 361 g/mol. The van der Waals surface area contributed by atoms with Gasteiger partial charge in [0.15, 0.2) is 0 Å². The summed E-state index contributed by atoms with van der Waals surface area (Å²) in [6, 6.07) is 14.0. The Morgan fingerprint density at radius 3 is 2.54 bits per heavy atom. The highest BCUT2D eigenvalue weighted by Gasteiger charge is 2.37. The van der Waals surface area contributed by atoms with Gasteiger partial charge in [0, 0.05) is 6.54 Å². The minimum absolute atomic E-state index is 0.215. The molecule has 2 aromatic carbocycles. The van der Waals surface area contributed by atoms with Gasteiger partial charge in [-0.25, -0.2) is 4.98 Å². The Bertz CT molecular complexity index is 931. The third-order valence-electron chi connectivity index (χ3n) is 4.19. The number of fused-ring (bicyclic) bond motifs is 1. The molecular formula is C19H18F3N3O. The van der Waals surface area contributed by atoms with Crippen molar-refractivity contribution in [1.29, 1.82) is 0 Å². The van der Waals surface area contributed by atoms with Crippen LogP contribution in [0.25, 0.3) is 11.0 Å². The molecule has 4 nitrogen and oxygen atoms in total. The maximum Gasteiger partial charge on any atom is 0.449 e. The third kappa shape index (κ3) is 3.87. The number of amides is 1. The number of nitrogens with one attached hydrogen (secondary N) is 1. The highest BCUT2D eigenvalue weighted by molar-refractivity contribution is 5.81. The van der Waals surface area contributed by atoms with Gasteiger partial charge in [-0.3, -0.25) is 4.79 Å². The van der Waals surface area contributed by atoms with Crippen LogP contribution in [0.15, 0.2) is 48.5 Å². The Morgan fingerprint density at radius 2 is 1.81 bits per heavy atom. The first-order valence-corrected chi connectivity index (χ1v) is 8.20. The van der Waals surface area contributed by atoms with Gasteiger partial charge < -0.3 is 9.88 Å². The molecular weight excluding hydrogens is 343 g/mol. The smallest absolute Gasteiger partial charge is 0.354 e. The highest BCUT2D eigenvalue weighted by Crippen LogP contribution is 2.31. The molecule has 1 heterocycles. The molecule has 0 atom stereocenters. The van der Waals surface area contributed by atoms with Crippen LogP contribution >= 0.6 is 0 Å². The normalized spacial score (nSPS) is 11.7. The fourth-order valence-electron chi connectivity index (χ4n) is 2.88. The summed E-state index contributed by atoms with van der Waals surface area (Å²) in [5, 5.41) is 2.69. The zero-order chi connectivity index (χ0) is 18.7. The van der Waals surface area contributed by atoms with E-state index in [0.29, 0.717) is 13.0 Å². The Kier molecular flexibility index (Phi) is 4.97. The van der Waals surface area contributed by atoms with Gasteiger partial charge in [0.25, 0.3) is 0 Å². The number of imidazole rings is 1. The standard InChI is InChI=1S/C19H18F3N3O/c1-13-6-2-3-7-14(13)10-11-23-17(26)12-25-16-9-5-4-8-15(16)24-18(25)19(20,21)22/h2-9H,10-12H2,1H3,(H,23,26). The van der Waals surface area contributed by atoms with Gasteiger partial charge in [0.1, 0.15) is 6.54 Å². The van der Waals surface area contributed by atoms with E-state index in [4.69, 9.17) is 0 Å². The number of carbonyl (C=O) groups excluding carboxylic acids is 1. The van der Waals surface area contributed by atoms with Crippen molar-refractivity contribution in [2.45, 2.75) is 26.1 Å². The quantitative estimate of drug-likeness (QED) is 0.753. The fourth-order valence-corrected chi connectivity index (χ4v) is 2.88. The summed E-state index contributed by atoms with van der Waals surface area (Å²) in [5.74, 6) is -1.54. The molecule has 26 heavy (non-hydrogen) atoms. The first-order chi connectivity index (χ1) is 12.4. The molecule has 0 bridgehead atoms. The average Bonchev–Trinajstić information content (AvgIpc) is 2.96. The van der Waals surface area contributed by atoms with E-state index in [2.05, 4.69) is 10.3 Å². The molecule has 7 heteroatoms. The molecule has 1 N–H and O–H groups in total. The number of alkyl halides is 3. The monoisotopic (exact) mass is 361 g/mol. The van der Waals surface area contributed by atoms with E-state index >= 15 is 0 Å². The molecule has 0 aliphatic carbocycles. The van der Waals surface area contributed by atoms with Gasteiger partial charge in [-0.2, -0.15) is 13.2 Å². The number of hydrogen-bond donors (Lipinski definition) is 1. The van der Waals surface area contributed by atoms with Crippen molar-refractivity contribution in [3.8, 4) is 0 Å². The molecule has 0 unspecified atom stereocenters. The summed E-state index contributed by atoms with van der Waals surface area (Å²) in [4.78, 5) is 15.8. The molecule has 1 amide bonds. The summed E-state index contributed by atoms with van der Waals surface area (Å²) in [5.41, 5.74) is 2.71. The summed E-state index contributed by atoms with van der Waals surface area (Å²) in [6.45, 7) is 1.91. The summed E-state index contributed by atoms with van der Waals surface area (Å²) >= 11 is 0. The topological polar surface area (TPSA) is 46.9 Å². The number of aryl methyl sites for hydroxylation is 1. The van der Waals surface area contributed by atoms with Crippen LogP contribution in [0.4, 0.5) is 13.2 Å². The van der Waals surface area contributed by atoms with E-state index in [9.17, 15) is 18.0 Å². The van der Waals surface area contributed by atoms with Gasteiger partial charge in [-0.05, 0) is 36.6 Å². The lowest BCUT2D eigenvalue weighted by Gasteiger charge is -2.12. The Labute approximate surface area is 148 Å². The lowest BCUT2D eigenvalue weighted by Crippen LogP contribution is -2.31. The predicted molar refractivity (Wildman–Crippen MR) is 92.6 cm³/mol. The van der Waals surface area contributed by atoms with Gasteiger partial charge in [-0.15, -0.1) is 0 Å². The van der Waals surface area contributed by atoms with Crippen LogP contribution in [-0.2, 0) is 23.9 Å². The second-order valence-corrected chi connectivity index (χ2v) is 6.03. The Balaban J connectivity index is 1.72. The lowest BCUT2D eigenvalue weighted by atomic mass is 10.1. The minimum atomic E-state index is -4.62. The summed E-state index contributed by atoms with van der Waals surface area (Å²) in [6.07, 6.45) is -4.00. The predicted octanol–water partition coefficient (Wildman–Crippen LogP) is 3.72. The van der Waals surface area contributed by atoms with E-state index in [1.54, 1.807) is 12.1 Å². The molecule has 3 aromatic rings. The van der Waals surface area contributed by atoms with E-state index in [1.807, 2.05) is 31.2 Å². The van der Waals surface area contributed by atoms with E-state index in [-0.39, 0.29) is 11.0 Å². The van der Waals surface area contributed by atoms with Crippen LogP contribution in [0, 0.1) is 6.92 Å². The molecule has 0 saturated carbocycles. The molecule has 0 fully saturated rings. The van der Waals surface area contributed by atoms with Crippen LogP contribution in [0.3, 0.4) is 0 Å². The van der Waals surface area contributed by atoms with Crippen LogP contribution in [0.2, 0.25) is 0 Å². The molecule has 0 aliphatic heterocycles. The molecule has 0 spiro atoms. The van der Waals surface area contributed by atoms with E-state index < -0.39 is 24.5 Å². The molecule has 0 radical (unpaired) electrons. The Morgan fingerprint density at radius 1 is 1.12 bits per heavy atom. The van der Waals surface area contributed by atoms with Crippen molar-refractivity contribution in [2.24, 2.45) is 0 Å². The van der Waals surface area contributed by atoms with Gasteiger partial charge in [-0.1, -0.05) is 36.4 Å². The second kappa shape index (κ2) is 7.19. The van der Waals surface area contributed by atoms with Crippen molar-refractivity contribution in [3.05, 3.63) is 65.5 Å². The van der Waals surface area contributed by atoms with Crippen LogP contribution in [0.1, 0.15) is 17.0 Å². The second-order valence-electron chi connectivity index (χ2n) is 6.03. The van der Waals surface area contributed by atoms with E-state index in [0.717, 1.165) is 15.7 Å². The number of aromatic nitrogens is 2. The van der Waals surface area contributed by atoms with Crippen LogP contribution in [0.5, 0.6) is 0 Å². The zero-order valence-electron chi connectivity index (χ0n) is 14.2. The molecule has 136 valence electrons. The number of carbonyl (C=O) groups is 1.